The third-order valence-electron chi connectivity index (χ3n) is 8.41. The lowest BCUT2D eigenvalue weighted by atomic mass is 9.90. The number of rotatable bonds is 6. The zero-order chi connectivity index (χ0) is 26.8. The summed E-state index contributed by atoms with van der Waals surface area (Å²) in [6, 6.07) is 19.1. The zero-order valence-electron chi connectivity index (χ0n) is 22.2. The van der Waals surface area contributed by atoms with Crippen LogP contribution in [0.2, 0.25) is 0 Å². The largest absolute Gasteiger partial charge is 0.343 e. The summed E-state index contributed by atoms with van der Waals surface area (Å²) in [5.74, 6) is 1.42. The fourth-order valence-electron chi connectivity index (χ4n) is 5.95. The summed E-state index contributed by atoms with van der Waals surface area (Å²) in [7, 11) is 0. The molecule has 0 spiro atoms. The van der Waals surface area contributed by atoms with Crippen molar-refractivity contribution in [2.75, 3.05) is 26.2 Å². The molecule has 0 radical (unpaired) electrons. The van der Waals surface area contributed by atoms with Crippen LogP contribution in [0.4, 0.5) is 4.79 Å². The molecule has 2 aliphatic heterocycles. The Kier molecular flexibility index (Phi) is 7.22. The molecule has 3 aliphatic rings. The molecule has 1 aromatic heterocycles. The van der Waals surface area contributed by atoms with Gasteiger partial charge < -0.3 is 15.1 Å². The number of carbonyl (C=O) groups is 2. The van der Waals surface area contributed by atoms with Gasteiger partial charge in [-0.25, -0.2) is 14.3 Å². The van der Waals surface area contributed by atoms with Crippen LogP contribution in [-0.4, -0.2) is 68.7 Å². The number of amides is 3. The van der Waals surface area contributed by atoms with Gasteiger partial charge in [-0.3, -0.25) is 9.78 Å². The minimum Gasteiger partial charge on any atom is -0.341 e. The first kappa shape index (κ1) is 25.4. The lowest BCUT2D eigenvalue weighted by Crippen LogP contribution is -2.53. The molecule has 39 heavy (non-hydrogen) atoms. The van der Waals surface area contributed by atoms with Crippen LogP contribution in [0, 0.1) is 5.92 Å². The summed E-state index contributed by atoms with van der Waals surface area (Å²) in [5, 5.41) is 7.64. The van der Waals surface area contributed by atoms with E-state index < -0.39 is 6.04 Å². The first-order valence-electron chi connectivity index (χ1n) is 14.2. The molecule has 2 saturated heterocycles. The number of aromatic amines is 1. The molecule has 204 valence electrons. The van der Waals surface area contributed by atoms with Crippen LogP contribution in [-0.2, 0) is 4.79 Å². The number of urea groups is 1. The first-order chi connectivity index (χ1) is 19.0. The Hall–Kier alpha value is -3.88. The molecule has 3 aromatic rings. The molecule has 6 rings (SSSR count). The van der Waals surface area contributed by atoms with Gasteiger partial charge in [-0.1, -0.05) is 60.7 Å². The van der Waals surface area contributed by atoms with Gasteiger partial charge in [-0.05, 0) is 55.9 Å². The minimum atomic E-state index is -0.538. The number of benzene rings is 2. The second-order valence-electron chi connectivity index (χ2n) is 11.2. The number of piperidine rings is 1. The Morgan fingerprint density at radius 1 is 0.897 bits per heavy atom. The smallest absolute Gasteiger partial charge is 0.341 e. The zero-order valence-corrected chi connectivity index (χ0v) is 22.2. The summed E-state index contributed by atoms with van der Waals surface area (Å²) in [6.45, 7) is 2.54. The highest BCUT2D eigenvalue weighted by Gasteiger charge is 2.37. The van der Waals surface area contributed by atoms with Gasteiger partial charge in [0.1, 0.15) is 6.04 Å². The van der Waals surface area contributed by atoms with Crippen LogP contribution >= 0.6 is 0 Å². The summed E-state index contributed by atoms with van der Waals surface area (Å²) in [6.07, 6.45) is 5.14. The monoisotopic (exact) mass is 528 g/mol. The van der Waals surface area contributed by atoms with E-state index in [1.807, 2.05) is 53.4 Å². The van der Waals surface area contributed by atoms with Crippen molar-refractivity contribution in [1.29, 1.82) is 0 Å². The summed E-state index contributed by atoms with van der Waals surface area (Å²) in [4.78, 5) is 46.1. The lowest BCUT2D eigenvalue weighted by molar-refractivity contribution is -0.133. The van der Waals surface area contributed by atoms with Crippen molar-refractivity contribution in [2.45, 2.75) is 56.5 Å². The molecule has 9 nitrogen and oxygen atoms in total. The van der Waals surface area contributed by atoms with Gasteiger partial charge in [0, 0.05) is 31.7 Å². The van der Waals surface area contributed by atoms with E-state index in [1.165, 1.54) is 23.1 Å². The molecular weight excluding hydrogens is 492 g/mol. The second kappa shape index (κ2) is 11.1. The average molecular weight is 529 g/mol. The van der Waals surface area contributed by atoms with Crippen molar-refractivity contribution < 1.29 is 9.59 Å². The highest BCUT2D eigenvalue weighted by Crippen LogP contribution is 2.33. The average Bonchev–Trinajstić information content (AvgIpc) is 3.74. The highest BCUT2D eigenvalue weighted by molar-refractivity contribution is 5.87. The van der Waals surface area contributed by atoms with Crippen LogP contribution in [0.1, 0.15) is 56.0 Å². The predicted molar refractivity (Wildman–Crippen MR) is 148 cm³/mol. The Labute approximate surface area is 228 Å². The van der Waals surface area contributed by atoms with E-state index in [9.17, 15) is 14.4 Å². The minimum absolute atomic E-state index is 0.0417. The van der Waals surface area contributed by atoms with Gasteiger partial charge in [0.05, 0.1) is 6.04 Å². The van der Waals surface area contributed by atoms with E-state index in [1.54, 1.807) is 4.90 Å². The molecule has 0 unspecified atom stereocenters. The Morgan fingerprint density at radius 3 is 2.28 bits per heavy atom. The van der Waals surface area contributed by atoms with E-state index in [-0.39, 0.29) is 29.6 Å². The van der Waals surface area contributed by atoms with Gasteiger partial charge >= 0.3 is 11.7 Å². The number of aromatic nitrogens is 3. The van der Waals surface area contributed by atoms with Crippen molar-refractivity contribution in [1.82, 2.24) is 29.9 Å². The summed E-state index contributed by atoms with van der Waals surface area (Å²) >= 11 is 0. The van der Waals surface area contributed by atoms with Crippen LogP contribution in [0.25, 0.3) is 11.4 Å². The molecule has 1 saturated carbocycles. The maximum absolute atomic E-state index is 13.5. The summed E-state index contributed by atoms with van der Waals surface area (Å²) < 4.78 is 1.52. The topological polar surface area (TPSA) is 103 Å². The van der Waals surface area contributed by atoms with Crippen molar-refractivity contribution in [3.05, 3.63) is 76.7 Å². The molecule has 3 fully saturated rings. The normalized spacial score (nSPS) is 22.5. The van der Waals surface area contributed by atoms with Crippen molar-refractivity contribution in [3.8, 4) is 11.4 Å². The van der Waals surface area contributed by atoms with E-state index in [0.717, 1.165) is 25.1 Å². The molecule has 3 heterocycles. The van der Waals surface area contributed by atoms with E-state index in [2.05, 4.69) is 27.5 Å². The van der Waals surface area contributed by atoms with Crippen molar-refractivity contribution in [2.24, 2.45) is 5.92 Å². The third-order valence-corrected chi connectivity index (χ3v) is 8.41. The van der Waals surface area contributed by atoms with Crippen LogP contribution in [0.15, 0.2) is 65.5 Å². The standard InChI is InChI=1S/C30H36N6O3/c37-28-26(19-24(22-7-3-1-4-8-22)13-16-35(28)20-21-11-12-21)31-29(38)34-17-14-25(15-18-34)36-30(39)32-27(33-36)23-9-5-2-6-10-23/h1-10,21,24-26H,11-20H2,(H,31,38)(H,32,33,39)/t24-,26-/m1/s1. The molecule has 9 heteroatoms. The van der Waals surface area contributed by atoms with E-state index >= 15 is 0 Å². The van der Waals surface area contributed by atoms with Gasteiger partial charge in [0.15, 0.2) is 5.82 Å². The lowest BCUT2D eigenvalue weighted by Gasteiger charge is -2.33. The molecule has 2 N–H and O–H groups in total. The van der Waals surface area contributed by atoms with Gasteiger partial charge in [-0.15, -0.1) is 5.10 Å². The van der Waals surface area contributed by atoms with Crippen molar-refractivity contribution in [3.63, 3.8) is 0 Å². The third kappa shape index (κ3) is 5.77. The van der Waals surface area contributed by atoms with Gasteiger partial charge in [0.2, 0.25) is 5.91 Å². The number of nitrogens with zero attached hydrogens (tertiary/aromatic N) is 4. The molecule has 0 bridgehead atoms. The van der Waals surface area contributed by atoms with Crippen LogP contribution < -0.4 is 11.0 Å². The SMILES string of the molecule is O=C(N[C@@H]1C[C@H](c2ccccc2)CCN(CC2CC2)C1=O)N1CCC(n2nc(-c3ccccc3)[nH]c2=O)CC1. The number of hydrogen-bond acceptors (Lipinski definition) is 4. The Balaban J connectivity index is 1.10. The van der Waals surface area contributed by atoms with Gasteiger partial charge in [0.25, 0.3) is 0 Å². The fourth-order valence-corrected chi connectivity index (χ4v) is 5.95. The number of H-pyrrole nitrogens is 1. The van der Waals surface area contributed by atoms with Crippen molar-refractivity contribution >= 4 is 11.9 Å². The maximum atomic E-state index is 13.5. The Bertz CT molecular complexity index is 1340. The van der Waals surface area contributed by atoms with Crippen LogP contribution in [0.3, 0.4) is 0 Å². The first-order valence-corrected chi connectivity index (χ1v) is 14.2. The molecular formula is C30H36N6O3. The van der Waals surface area contributed by atoms with E-state index in [4.69, 9.17) is 0 Å². The number of hydrogen-bond donors (Lipinski definition) is 2. The maximum Gasteiger partial charge on any atom is 0.343 e. The highest BCUT2D eigenvalue weighted by atomic mass is 16.2. The van der Waals surface area contributed by atoms with Crippen LogP contribution in [0.5, 0.6) is 0 Å². The molecule has 3 amide bonds. The quantitative estimate of drug-likeness (QED) is 0.508. The Morgan fingerprint density at radius 2 is 1.59 bits per heavy atom. The number of likely N-dealkylation sites (tertiary alicyclic amines) is 2. The molecule has 1 aliphatic carbocycles. The van der Waals surface area contributed by atoms with Gasteiger partial charge in [-0.2, -0.15) is 0 Å². The number of carbonyl (C=O) groups excluding carboxylic acids is 2. The molecule has 2 aromatic carbocycles. The predicted octanol–water partition coefficient (Wildman–Crippen LogP) is 3.77. The number of nitrogens with one attached hydrogen (secondary N) is 2. The molecule has 2 atom stereocenters. The fraction of sp³-hybridized carbons (Fsp3) is 0.467. The summed E-state index contributed by atoms with van der Waals surface area (Å²) in [5.41, 5.74) is 1.85. The van der Waals surface area contributed by atoms with E-state index in [0.29, 0.717) is 44.1 Å². The second-order valence-corrected chi connectivity index (χ2v) is 11.2.